The van der Waals surface area contributed by atoms with Crippen LogP contribution in [0, 0.1) is 13.8 Å². The number of fused-ring (bicyclic) bond motifs is 7. The number of para-hydroxylation sites is 2. The van der Waals surface area contributed by atoms with Gasteiger partial charge in [0.1, 0.15) is 7.05 Å². The van der Waals surface area contributed by atoms with Crippen LogP contribution < -0.4 is 4.57 Å². The molecule has 4 nitrogen and oxygen atoms in total. The summed E-state index contributed by atoms with van der Waals surface area (Å²) in [7, 11) is 1.95. The second-order valence-electron chi connectivity index (χ2n) is 8.36. The Balaban J connectivity index is 1.87. The molecule has 138 valence electrons. The van der Waals surface area contributed by atoms with Gasteiger partial charge >= 0.3 is 0 Å². The summed E-state index contributed by atoms with van der Waals surface area (Å²) in [5, 5.41) is 0. The molecule has 0 fully saturated rings. The van der Waals surface area contributed by atoms with Crippen LogP contribution in [-0.4, -0.2) is 14.0 Å². The molecule has 0 bridgehead atoms. The zero-order valence-electron chi connectivity index (χ0n) is 19.4. The van der Waals surface area contributed by atoms with Crippen LogP contribution >= 0.6 is 0 Å². The first-order chi connectivity index (χ1) is 14.6. The van der Waals surface area contributed by atoms with Crippen LogP contribution in [0.15, 0.2) is 48.7 Å². The van der Waals surface area contributed by atoms with E-state index in [2.05, 4.69) is 47.9 Å². The Morgan fingerprint density at radius 1 is 1.11 bits per heavy atom. The molecule has 1 aliphatic rings. The highest BCUT2D eigenvalue weighted by Gasteiger charge is 2.41. The Labute approximate surface area is 167 Å². The van der Waals surface area contributed by atoms with Crippen LogP contribution in [0.2, 0.25) is 0 Å². The van der Waals surface area contributed by atoms with Crippen molar-refractivity contribution in [3.63, 3.8) is 0 Å². The number of rotatable bonds is 0. The molecule has 2 aromatic carbocycles. The Kier molecular flexibility index (Phi) is 2.26. The second-order valence-corrected chi connectivity index (χ2v) is 8.36. The minimum atomic E-state index is -2.17. The normalized spacial score (nSPS) is 16.9. The van der Waals surface area contributed by atoms with Gasteiger partial charge in [0, 0.05) is 9.68 Å². The molecule has 28 heavy (non-hydrogen) atoms. The monoisotopic (exact) mass is 370 g/mol. The minimum Gasteiger partial charge on any atom is -0.299 e. The summed E-state index contributed by atoms with van der Waals surface area (Å²) in [5.74, 6) is 0.876. The number of aromatic nitrogens is 4. The average molecular weight is 370 g/mol. The predicted molar refractivity (Wildman–Crippen MR) is 113 cm³/mol. The molecule has 0 radical (unpaired) electrons. The van der Waals surface area contributed by atoms with E-state index in [-0.39, 0.29) is 0 Å². The van der Waals surface area contributed by atoms with E-state index in [0.29, 0.717) is 5.56 Å². The van der Waals surface area contributed by atoms with Crippen LogP contribution in [0.5, 0.6) is 0 Å². The summed E-state index contributed by atoms with van der Waals surface area (Å²) in [6.07, 6.45) is 1.75. The van der Waals surface area contributed by atoms with E-state index < -0.39 is 12.4 Å². The molecule has 0 atom stereocenters. The van der Waals surface area contributed by atoms with Crippen LogP contribution in [0.3, 0.4) is 0 Å². The standard InChI is InChI=1S/C24H23N4/c1-14-12-16-21(26(5)13-14)20-15(2)10-11-19-22(20)28(24(16,3)4)23-25-17-8-6-7-9-18(17)27(19)23/h6-13H,1-5H3/q+1/i1D3. The number of hydrogen-bond donors (Lipinski definition) is 0. The van der Waals surface area contributed by atoms with Crippen molar-refractivity contribution in [2.24, 2.45) is 7.05 Å². The Morgan fingerprint density at radius 2 is 1.93 bits per heavy atom. The lowest BCUT2D eigenvalue weighted by molar-refractivity contribution is -0.661. The van der Waals surface area contributed by atoms with E-state index >= 15 is 0 Å². The van der Waals surface area contributed by atoms with Gasteiger partial charge in [0.2, 0.25) is 11.5 Å². The van der Waals surface area contributed by atoms with Crippen molar-refractivity contribution in [2.45, 2.75) is 33.2 Å². The van der Waals surface area contributed by atoms with Gasteiger partial charge in [0.05, 0.1) is 38.7 Å². The van der Waals surface area contributed by atoms with Crippen molar-refractivity contribution in [1.82, 2.24) is 14.0 Å². The topological polar surface area (TPSA) is 26.1 Å². The number of benzene rings is 2. The summed E-state index contributed by atoms with van der Waals surface area (Å²) < 4.78 is 30.5. The van der Waals surface area contributed by atoms with Crippen LogP contribution in [0.1, 0.15) is 34.7 Å². The molecule has 4 heterocycles. The van der Waals surface area contributed by atoms with Crippen molar-refractivity contribution < 1.29 is 8.68 Å². The average Bonchev–Trinajstić information content (AvgIpc) is 3.21. The molecule has 0 spiro atoms. The molecule has 0 saturated carbocycles. The zero-order chi connectivity index (χ0) is 21.9. The van der Waals surface area contributed by atoms with E-state index in [1.807, 2.05) is 35.9 Å². The van der Waals surface area contributed by atoms with Gasteiger partial charge in [0.25, 0.3) is 0 Å². The third-order valence-electron chi connectivity index (χ3n) is 6.27. The maximum absolute atomic E-state index is 7.99. The van der Waals surface area contributed by atoms with Gasteiger partial charge in [-0.2, -0.15) is 0 Å². The van der Waals surface area contributed by atoms with Crippen molar-refractivity contribution in [1.29, 1.82) is 0 Å². The van der Waals surface area contributed by atoms with Gasteiger partial charge < -0.3 is 0 Å². The number of aryl methyl sites for hydroxylation is 3. The largest absolute Gasteiger partial charge is 0.299 e. The van der Waals surface area contributed by atoms with Gasteiger partial charge in [-0.15, -0.1) is 0 Å². The van der Waals surface area contributed by atoms with Crippen molar-refractivity contribution >= 4 is 27.8 Å². The van der Waals surface area contributed by atoms with Gasteiger partial charge in [-0.3, -0.25) is 8.97 Å². The lowest BCUT2D eigenvalue weighted by atomic mass is 9.83. The lowest BCUT2D eigenvalue weighted by Gasteiger charge is -2.33. The minimum absolute atomic E-state index is 0.354. The van der Waals surface area contributed by atoms with Crippen molar-refractivity contribution in [2.75, 3.05) is 0 Å². The zero-order valence-corrected chi connectivity index (χ0v) is 16.4. The van der Waals surface area contributed by atoms with Crippen molar-refractivity contribution in [3.05, 3.63) is 65.4 Å². The Bertz CT molecular complexity index is 1570. The molecule has 3 aromatic heterocycles. The summed E-state index contributed by atoms with van der Waals surface area (Å²) in [5.41, 5.74) is 8.51. The first-order valence-corrected chi connectivity index (χ1v) is 9.57. The molecule has 6 rings (SSSR count). The number of imidazole rings is 2. The predicted octanol–water partition coefficient (Wildman–Crippen LogP) is 4.65. The maximum Gasteiger partial charge on any atom is 0.220 e. The number of hydrogen-bond acceptors (Lipinski definition) is 1. The summed E-state index contributed by atoms with van der Waals surface area (Å²) in [4.78, 5) is 5.00. The second kappa shape index (κ2) is 4.82. The lowest BCUT2D eigenvalue weighted by Crippen LogP contribution is -2.40. The molecule has 5 aromatic rings. The Hall–Kier alpha value is -3.14. The van der Waals surface area contributed by atoms with Gasteiger partial charge in [-0.1, -0.05) is 18.2 Å². The van der Waals surface area contributed by atoms with Crippen LogP contribution in [0.4, 0.5) is 0 Å². The first-order valence-electron chi connectivity index (χ1n) is 11.1. The van der Waals surface area contributed by atoms with E-state index in [1.165, 1.54) is 0 Å². The highest BCUT2D eigenvalue weighted by atomic mass is 15.2. The highest BCUT2D eigenvalue weighted by molar-refractivity contribution is 6.01. The fourth-order valence-corrected chi connectivity index (χ4v) is 5.04. The molecule has 0 amide bonds. The van der Waals surface area contributed by atoms with E-state index in [1.54, 1.807) is 6.20 Å². The molecule has 4 heteroatoms. The molecular weight excluding hydrogens is 344 g/mol. The maximum atomic E-state index is 7.99. The molecule has 1 aliphatic heterocycles. The summed E-state index contributed by atoms with van der Waals surface area (Å²) in [6.45, 7) is 4.25. The summed E-state index contributed by atoms with van der Waals surface area (Å²) >= 11 is 0. The van der Waals surface area contributed by atoms with Crippen LogP contribution in [0.25, 0.3) is 39.1 Å². The molecule has 0 aliphatic carbocycles. The smallest absolute Gasteiger partial charge is 0.220 e. The third-order valence-corrected chi connectivity index (χ3v) is 6.27. The van der Waals surface area contributed by atoms with E-state index in [4.69, 9.17) is 9.10 Å². The van der Waals surface area contributed by atoms with E-state index in [0.717, 1.165) is 50.2 Å². The molecule has 0 saturated heterocycles. The quantitative estimate of drug-likeness (QED) is 0.365. The van der Waals surface area contributed by atoms with Crippen molar-refractivity contribution in [3.8, 4) is 11.3 Å². The van der Waals surface area contributed by atoms with Gasteiger partial charge in [-0.05, 0) is 57.5 Å². The van der Waals surface area contributed by atoms with Gasteiger partial charge in [-0.25, -0.2) is 9.55 Å². The molecular formula is C24H23N4+. The third kappa shape index (κ3) is 1.67. The fraction of sp³-hybridized carbons (Fsp3) is 0.250. The SMILES string of the molecule is [2H]C([2H])([2H])c1cc2c([n+](C)c1)-c1c(C)ccc3c1n(c1nc4ccccc4n31)C2(C)C. The first kappa shape index (κ1) is 13.1. The van der Waals surface area contributed by atoms with Crippen LogP contribution in [-0.2, 0) is 12.6 Å². The summed E-state index contributed by atoms with van der Waals surface area (Å²) in [6, 6.07) is 14.4. The highest BCUT2D eigenvalue weighted by Crippen LogP contribution is 2.46. The fourth-order valence-electron chi connectivity index (χ4n) is 5.04. The molecule has 0 unspecified atom stereocenters. The number of pyridine rings is 1. The Morgan fingerprint density at radius 3 is 2.75 bits per heavy atom. The molecule has 0 N–H and O–H groups in total. The van der Waals surface area contributed by atoms with E-state index in [9.17, 15) is 0 Å². The number of nitrogens with zero attached hydrogens (tertiary/aromatic N) is 4. The van der Waals surface area contributed by atoms with Gasteiger partial charge in [0.15, 0.2) is 6.20 Å².